The molecule has 0 saturated carbocycles. The fourth-order valence-corrected chi connectivity index (χ4v) is 1.69. The van der Waals surface area contributed by atoms with E-state index in [0.29, 0.717) is 0 Å². The Balaban J connectivity index is 2.63. The molecule has 1 aromatic heterocycles. The fraction of sp³-hybridized carbons (Fsp3) is 0.533. The number of aromatic nitrogens is 1. The second-order valence-electron chi connectivity index (χ2n) is 5.97. The molecule has 0 aliphatic rings. The molecule has 1 aromatic rings. The number of carboxylic acid groups (broad SMARTS) is 1. The van der Waals surface area contributed by atoms with E-state index in [1.54, 1.807) is 13.8 Å². The Kier molecular flexibility index (Phi) is 6.71. The number of carbonyl (C=O) groups excluding carboxylic acids is 1. The molecule has 1 heterocycles. The number of nitrogens with one attached hydrogen (secondary N) is 1. The largest absolute Gasteiger partial charge is 0.481 e. The molecule has 0 bridgehead atoms. The molecule has 140 valence electrons. The number of carboxylic acids is 1. The molecule has 0 aromatic carbocycles. The minimum absolute atomic E-state index is 0.0800. The fourth-order valence-electron chi connectivity index (χ4n) is 1.69. The van der Waals surface area contributed by atoms with Crippen molar-refractivity contribution in [3.8, 4) is 5.88 Å². The van der Waals surface area contributed by atoms with Crippen molar-refractivity contribution in [2.75, 3.05) is 6.61 Å². The Morgan fingerprint density at radius 1 is 1.32 bits per heavy atom. The number of pyridine rings is 1. The molecule has 10 heteroatoms. The lowest BCUT2D eigenvalue weighted by molar-refractivity contribution is -0.148. The van der Waals surface area contributed by atoms with Crippen LogP contribution in [0.5, 0.6) is 5.88 Å². The molecule has 0 fully saturated rings. The van der Waals surface area contributed by atoms with E-state index < -0.39 is 36.4 Å². The molecule has 1 amide bonds. The molecule has 2 N–H and O–H groups in total. The highest BCUT2D eigenvalue weighted by atomic mass is 19.3. The first-order chi connectivity index (χ1) is 11.4. The van der Waals surface area contributed by atoms with Gasteiger partial charge in [0.05, 0.1) is 5.56 Å². The summed E-state index contributed by atoms with van der Waals surface area (Å²) in [6, 6.07) is 2.33. The van der Waals surface area contributed by atoms with Gasteiger partial charge in [0, 0.05) is 24.2 Å². The van der Waals surface area contributed by atoms with Crippen LogP contribution in [0.3, 0.4) is 0 Å². The Morgan fingerprint density at radius 3 is 2.44 bits per heavy atom. The maximum absolute atomic E-state index is 12.7. The van der Waals surface area contributed by atoms with Gasteiger partial charge in [-0.15, -0.1) is 0 Å². The number of aliphatic carboxylic acids is 1. The van der Waals surface area contributed by atoms with Gasteiger partial charge in [-0.05, 0) is 26.3 Å². The lowest BCUT2D eigenvalue weighted by Gasteiger charge is -2.25. The Morgan fingerprint density at radius 2 is 1.96 bits per heavy atom. The van der Waals surface area contributed by atoms with Gasteiger partial charge in [0.1, 0.15) is 0 Å². The van der Waals surface area contributed by atoms with Crippen LogP contribution < -0.4 is 10.1 Å². The van der Waals surface area contributed by atoms with Gasteiger partial charge < -0.3 is 15.2 Å². The van der Waals surface area contributed by atoms with Crippen LogP contribution in [0.1, 0.15) is 37.0 Å². The van der Waals surface area contributed by atoms with Gasteiger partial charge >= 0.3 is 18.3 Å². The maximum atomic E-state index is 12.7. The number of alkyl halides is 4. The smallest absolute Gasteiger partial charge is 0.340 e. The van der Waals surface area contributed by atoms with Gasteiger partial charge in [-0.3, -0.25) is 9.59 Å². The Hall–Kier alpha value is -2.39. The van der Waals surface area contributed by atoms with Gasteiger partial charge in [-0.2, -0.15) is 8.78 Å². The summed E-state index contributed by atoms with van der Waals surface area (Å²) >= 11 is 0. The zero-order valence-electron chi connectivity index (χ0n) is 13.6. The van der Waals surface area contributed by atoms with Crippen molar-refractivity contribution >= 4 is 11.9 Å². The molecular weight excluding hydrogens is 348 g/mol. The van der Waals surface area contributed by atoms with Crippen molar-refractivity contribution in [2.45, 2.75) is 44.6 Å². The highest BCUT2D eigenvalue weighted by Crippen LogP contribution is 2.23. The second-order valence-corrected chi connectivity index (χ2v) is 5.97. The number of rotatable bonds is 9. The average molecular weight is 366 g/mol. The predicted octanol–water partition coefficient (Wildman–Crippen LogP) is 2.73. The van der Waals surface area contributed by atoms with Crippen molar-refractivity contribution in [3.05, 3.63) is 23.9 Å². The predicted molar refractivity (Wildman–Crippen MR) is 79.1 cm³/mol. The van der Waals surface area contributed by atoms with Crippen LogP contribution in [0.4, 0.5) is 17.6 Å². The van der Waals surface area contributed by atoms with E-state index in [-0.39, 0.29) is 24.3 Å². The number of hydrogen-bond acceptors (Lipinski definition) is 4. The van der Waals surface area contributed by atoms with Crippen LogP contribution in [0.25, 0.3) is 0 Å². The molecule has 1 rings (SSSR count). The quantitative estimate of drug-likeness (QED) is 0.656. The van der Waals surface area contributed by atoms with Crippen LogP contribution in [-0.4, -0.2) is 46.5 Å². The minimum atomic E-state index is -4.30. The van der Waals surface area contributed by atoms with E-state index in [1.165, 1.54) is 6.07 Å². The number of nitrogens with zero attached hydrogens (tertiary/aromatic N) is 1. The zero-order valence-corrected chi connectivity index (χ0v) is 13.6. The summed E-state index contributed by atoms with van der Waals surface area (Å²) in [5.41, 5.74) is -0.708. The van der Waals surface area contributed by atoms with E-state index in [4.69, 9.17) is 5.11 Å². The van der Waals surface area contributed by atoms with Gasteiger partial charge in [0.2, 0.25) is 5.88 Å². The minimum Gasteiger partial charge on any atom is -0.481 e. The van der Waals surface area contributed by atoms with Crippen molar-refractivity contribution in [2.24, 2.45) is 0 Å². The number of ether oxygens (including phenoxy) is 1. The molecule has 0 saturated heterocycles. The van der Waals surface area contributed by atoms with Crippen LogP contribution in [0.15, 0.2) is 18.3 Å². The third-order valence-electron chi connectivity index (χ3n) is 3.15. The zero-order chi connectivity index (χ0) is 19.3. The maximum Gasteiger partial charge on any atom is 0.340 e. The van der Waals surface area contributed by atoms with Gasteiger partial charge in [0.25, 0.3) is 5.91 Å². The first-order valence-corrected chi connectivity index (χ1v) is 7.22. The first-order valence-electron chi connectivity index (χ1n) is 7.22. The van der Waals surface area contributed by atoms with Crippen LogP contribution in [-0.2, 0) is 4.79 Å². The molecule has 6 nitrogen and oxygen atoms in total. The average Bonchev–Trinajstić information content (AvgIpc) is 2.51. The third kappa shape index (κ3) is 6.94. The summed E-state index contributed by atoms with van der Waals surface area (Å²) in [7, 11) is 0. The number of halogens is 4. The standard InChI is InChI=1S/C15H18F4N2O4/c1-14(2,6-5-11(22)23)21-12(24)9-3-4-10(20-7-9)25-8-15(18,19)13(16)17/h3-4,7,13H,5-6,8H2,1-2H3,(H,21,24)(H,22,23). The van der Waals surface area contributed by atoms with Crippen molar-refractivity contribution in [1.29, 1.82) is 0 Å². The van der Waals surface area contributed by atoms with Gasteiger partial charge in [-0.25, -0.2) is 13.8 Å². The molecular formula is C15H18F4N2O4. The summed E-state index contributed by atoms with van der Waals surface area (Å²) in [5, 5.41) is 11.3. The molecule has 0 spiro atoms. The van der Waals surface area contributed by atoms with E-state index >= 15 is 0 Å². The van der Waals surface area contributed by atoms with Crippen LogP contribution in [0, 0.1) is 0 Å². The molecule has 0 radical (unpaired) electrons. The summed E-state index contributed by atoms with van der Waals surface area (Å²) < 4.78 is 54.0. The highest BCUT2D eigenvalue weighted by molar-refractivity contribution is 5.94. The molecule has 0 atom stereocenters. The summed E-state index contributed by atoms with van der Waals surface area (Å²) in [6.07, 6.45) is -2.74. The van der Waals surface area contributed by atoms with E-state index in [0.717, 1.165) is 12.3 Å². The molecule has 0 aliphatic carbocycles. The van der Waals surface area contributed by atoms with Crippen molar-refractivity contribution < 1.29 is 37.0 Å². The summed E-state index contributed by atoms with van der Waals surface area (Å²) in [6.45, 7) is 1.75. The Labute approximate surface area is 141 Å². The van der Waals surface area contributed by atoms with Gasteiger partial charge in [-0.1, -0.05) is 0 Å². The second kappa shape index (κ2) is 8.13. The van der Waals surface area contributed by atoms with E-state index in [9.17, 15) is 27.2 Å². The summed E-state index contributed by atoms with van der Waals surface area (Å²) in [5.74, 6) is -6.17. The first kappa shape index (κ1) is 20.7. The van der Waals surface area contributed by atoms with E-state index in [1.807, 2.05) is 0 Å². The topological polar surface area (TPSA) is 88.5 Å². The SMILES string of the molecule is CC(C)(CCC(=O)O)NC(=O)c1ccc(OCC(F)(F)C(F)F)nc1. The number of carbonyl (C=O) groups is 2. The van der Waals surface area contributed by atoms with Crippen molar-refractivity contribution in [1.82, 2.24) is 10.3 Å². The molecule has 0 aliphatic heterocycles. The monoisotopic (exact) mass is 366 g/mol. The number of hydrogen-bond donors (Lipinski definition) is 2. The molecule has 25 heavy (non-hydrogen) atoms. The molecule has 0 unspecified atom stereocenters. The normalized spacial score (nSPS) is 12.1. The lowest BCUT2D eigenvalue weighted by atomic mass is 9.98. The Bertz CT molecular complexity index is 606. The van der Waals surface area contributed by atoms with Crippen LogP contribution >= 0.6 is 0 Å². The lowest BCUT2D eigenvalue weighted by Crippen LogP contribution is -2.43. The van der Waals surface area contributed by atoms with Crippen LogP contribution in [0.2, 0.25) is 0 Å². The van der Waals surface area contributed by atoms with E-state index in [2.05, 4.69) is 15.0 Å². The third-order valence-corrected chi connectivity index (χ3v) is 3.15. The highest BCUT2D eigenvalue weighted by Gasteiger charge is 2.41. The van der Waals surface area contributed by atoms with Gasteiger partial charge in [0.15, 0.2) is 6.61 Å². The number of amides is 1. The summed E-state index contributed by atoms with van der Waals surface area (Å²) in [4.78, 5) is 26.3. The van der Waals surface area contributed by atoms with Crippen molar-refractivity contribution in [3.63, 3.8) is 0 Å².